The molecule has 0 spiro atoms. The van der Waals surface area contributed by atoms with E-state index in [9.17, 15) is 0 Å². The first-order valence-corrected chi connectivity index (χ1v) is 5.82. The molecule has 4 nitrogen and oxygen atoms in total. The minimum Gasteiger partial charge on any atom is -0.493 e. The van der Waals surface area contributed by atoms with Gasteiger partial charge in [0.1, 0.15) is 0 Å². The monoisotopic (exact) mass is 237 g/mol. The third-order valence-electron chi connectivity index (χ3n) is 3.27. The molecule has 0 amide bonds. The lowest BCUT2D eigenvalue weighted by Crippen LogP contribution is -2.22. The summed E-state index contributed by atoms with van der Waals surface area (Å²) in [4.78, 5) is 0. The van der Waals surface area contributed by atoms with Gasteiger partial charge < -0.3 is 19.9 Å². The Morgan fingerprint density at radius 2 is 2.18 bits per heavy atom. The second-order valence-electron chi connectivity index (χ2n) is 4.23. The van der Waals surface area contributed by atoms with Crippen molar-refractivity contribution in [3.05, 3.63) is 23.8 Å². The Labute approximate surface area is 102 Å². The van der Waals surface area contributed by atoms with Crippen molar-refractivity contribution >= 4 is 0 Å². The highest BCUT2D eigenvalue weighted by Crippen LogP contribution is 2.37. The molecule has 4 heteroatoms. The molecule has 0 bridgehead atoms. The Morgan fingerprint density at radius 3 is 2.76 bits per heavy atom. The summed E-state index contributed by atoms with van der Waals surface area (Å²) in [5.41, 5.74) is 7.27. The van der Waals surface area contributed by atoms with Crippen molar-refractivity contribution in [2.24, 2.45) is 11.7 Å². The van der Waals surface area contributed by atoms with E-state index in [1.165, 1.54) is 0 Å². The maximum absolute atomic E-state index is 6.28. The molecule has 1 fully saturated rings. The van der Waals surface area contributed by atoms with E-state index in [4.69, 9.17) is 19.9 Å². The van der Waals surface area contributed by atoms with E-state index in [2.05, 4.69) is 0 Å². The second kappa shape index (κ2) is 5.38. The van der Waals surface area contributed by atoms with Crippen molar-refractivity contribution in [3.8, 4) is 11.5 Å². The molecule has 1 aromatic rings. The van der Waals surface area contributed by atoms with Crippen molar-refractivity contribution in [1.29, 1.82) is 0 Å². The van der Waals surface area contributed by atoms with Gasteiger partial charge in [-0.25, -0.2) is 0 Å². The summed E-state index contributed by atoms with van der Waals surface area (Å²) < 4.78 is 16.1. The molecule has 1 aromatic carbocycles. The minimum absolute atomic E-state index is 0.0671. The Balaban J connectivity index is 2.29. The van der Waals surface area contributed by atoms with Gasteiger partial charge in [-0.1, -0.05) is 12.1 Å². The predicted molar refractivity (Wildman–Crippen MR) is 65.4 cm³/mol. The summed E-state index contributed by atoms with van der Waals surface area (Å²) in [6, 6.07) is 5.74. The molecule has 17 heavy (non-hydrogen) atoms. The average Bonchev–Trinajstić information content (AvgIpc) is 2.90. The average molecular weight is 237 g/mol. The zero-order chi connectivity index (χ0) is 12.3. The second-order valence-corrected chi connectivity index (χ2v) is 4.23. The quantitative estimate of drug-likeness (QED) is 0.866. The zero-order valence-corrected chi connectivity index (χ0v) is 10.3. The molecule has 0 aliphatic carbocycles. The summed E-state index contributed by atoms with van der Waals surface area (Å²) in [5, 5.41) is 0. The summed E-state index contributed by atoms with van der Waals surface area (Å²) in [6.45, 7) is 1.52. The molecule has 1 saturated heterocycles. The van der Waals surface area contributed by atoms with E-state index in [1.54, 1.807) is 14.2 Å². The molecule has 94 valence electrons. The van der Waals surface area contributed by atoms with Crippen LogP contribution in [0, 0.1) is 5.92 Å². The number of methoxy groups -OCH3 is 2. The van der Waals surface area contributed by atoms with Crippen LogP contribution in [0.4, 0.5) is 0 Å². The van der Waals surface area contributed by atoms with Crippen LogP contribution in [0.5, 0.6) is 11.5 Å². The fourth-order valence-electron chi connectivity index (χ4n) is 2.26. The van der Waals surface area contributed by atoms with Crippen LogP contribution in [0.3, 0.4) is 0 Å². The van der Waals surface area contributed by atoms with Gasteiger partial charge in [0.25, 0.3) is 0 Å². The number of para-hydroxylation sites is 1. The first kappa shape index (κ1) is 12.2. The smallest absolute Gasteiger partial charge is 0.165 e. The molecule has 1 aliphatic rings. The van der Waals surface area contributed by atoms with Crippen LogP contribution in [0.2, 0.25) is 0 Å². The van der Waals surface area contributed by atoms with Crippen LogP contribution in [-0.4, -0.2) is 27.4 Å². The first-order chi connectivity index (χ1) is 8.27. The van der Waals surface area contributed by atoms with E-state index in [1.807, 2.05) is 18.2 Å². The summed E-state index contributed by atoms with van der Waals surface area (Å²) >= 11 is 0. The minimum atomic E-state index is -0.0671. The molecule has 0 aromatic heterocycles. The molecule has 2 rings (SSSR count). The lowest BCUT2D eigenvalue weighted by Gasteiger charge is -2.21. The fraction of sp³-hybridized carbons (Fsp3) is 0.538. The number of ether oxygens (including phenoxy) is 3. The van der Waals surface area contributed by atoms with Gasteiger partial charge in [0.05, 0.1) is 20.8 Å². The molecular formula is C13H19NO3. The lowest BCUT2D eigenvalue weighted by molar-refractivity contribution is 0.180. The molecular weight excluding hydrogens is 218 g/mol. The maximum atomic E-state index is 6.28. The van der Waals surface area contributed by atoms with E-state index in [-0.39, 0.29) is 6.04 Å². The summed E-state index contributed by atoms with van der Waals surface area (Å²) in [5.74, 6) is 1.81. The van der Waals surface area contributed by atoms with Gasteiger partial charge in [-0.3, -0.25) is 0 Å². The standard InChI is InChI=1S/C13H19NO3/c1-15-11-5-3-4-10(13(11)16-2)12(14)9-6-7-17-8-9/h3-5,9,12H,6-8,14H2,1-2H3. The van der Waals surface area contributed by atoms with Crippen LogP contribution in [0.1, 0.15) is 18.0 Å². The molecule has 2 N–H and O–H groups in total. The molecule has 1 heterocycles. The highest BCUT2D eigenvalue weighted by atomic mass is 16.5. The normalized spacial score (nSPS) is 21.2. The zero-order valence-electron chi connectivity index (χ0n) is 10.3. The van der Waals surface area contributed by atoms with Gasteiger partial charge in [0, 0.05) is 24.1 Å². The van der Waals surface area contributed by atoms with E-state index in [0.717, 1.165) is 36.7 Å². The number of rotatable bonds is 4. The summed E-state index contributed by atoms with van der Waals surface area (Å²) in [6.07, 6.45) is 1.00. The first-order valence-electron chi connectivity index (χ1n) is 5.82. The Kier molecular flexibility index (Phi) is 3.86. The maximum Gasteiger partial charge on any atom is 0.165 e. The summed E-state index contributed by atoms with van der Waals surface area (Å²) in [7, 11) is 3.27. The van der Waals surface area contributed by atoms with Crippen LogP contribution >= 0.6 is 0 Å². The molecule has 0 radical (unpaired) electrons. The topological polar surface area (TPSA) is 53.7 Å². The van der Waals surface area contributed by atoms with Crippen molar-refractivity contribution in [2.75, 3.05) is 27.4 Å². The SMILES string of the molecule is COc1cccc(C(N)C2CCOC2)c1OC. The lowest BCUT2D eigenvalue weighted by atomic mass is 9.92. The van der Waals surface area contributed by atoms with Gasteiger partial charge in [-0.05, 0) is 12.5 Å². The third kappa shape index (κ3) is 2.37. The molecule has 0 saturated carbocycles. The highest BCUT2D eigenvalue weighted by Gasteiger charge is 2.27. The van der Waals surface area contributed by atoms with E-state index >= 15 is 0 Å². The van der Waals surface area contributed by atoms with Gasteiger partial charge in [0.15, 0.2) is 11.5 Å². The third-order valence-corrected chi connectivity index (χ3v) is 3.27. The fourth-order valence-corrected chi connectivity index (χ4v) is 2.26. The van der Waals surface area contributed by atoms with Crippen molar-refractivity contribution in [2.45, 2.75) is 12.5 Å². The van der Waals surface area contributed by atoms with Crippen LogP contribution in [0.15, 0.2) is 18.2 Å². The Bertz CT molecular complexity index is 375. The number of hydrogen-bond donors (Lipinski definition) is 1. The van der Waals surface area contributed by atoms with Crippen LogP contribution in [0.25, 0.3) is 0 Å². The largest absolute Gasteiger partial charge is 0.493 e. The highest BCUT2D eigenvalue weighted by molar-refractivity contribution is 5.48. The molecule has 1 aliphatic heterocycles. The van der Waals surface area contributed by atoms with E-state index < -0.39 is 0 Å². The number of benzene rings is 1. The van der Waals surface area contributed by atoms with Gasteiger partial charge in [-0.15, -0.1) is 0 Å². The Morgan fingerprint density at radius 1 is 1.35 bits per heavy atom. The van der Waals surface area contributed by atoms with Gasteiger partial charge >= 0.3 is 0 Å². The predicted octanol–water partition coefficient (Wildman–Crippen LogP) is 1.74. The van der Waals surface area contributed by atoms with E-state index in [0.29, 0.717) is 5.92 Å². The van der Waals surface area contributed by atoms with Crippen LogP contribution in [-0.2, 0) is 4.74 Å². The number of nitrogens with two attached hydrogens (primary N) is 1. The van der Waals surface area contributed by atoms with Gasteiger partial charge in [-0.2, -0.15) is 0 Å². The van der Waals surface area contributed by atoms with Gasteiger partial charge in [0.2, 0.25) is 0 Å². The Hall–Kier alpha value is -1.26. The van der Waals surface area contributed by atoms with Crippen molar-refractivity contribution < 1.29 is 14.2 Å². The molecule has 2 unspecified atom stereocenters. The number of hydrogen-bond acceptors (Lipinski definition) is 4. The van der Waals surface area contributed by atoms with Crippen LogP contribution < -0.4 is 15.2 Å². The van der Waals surface area contributed by atoms with Crippen molar-refractivity contribution in [3.63, 3.8) is 0 Å². The molecule has 2 atom stereocenters. The van der Waals surface area contributed by atoms with Crippen molar-refractivity contribution in [1.82, 2.24) is 0 Å².